The van der Waals surface area contributed by atoms with Crippen LogP contribution in [0.5, 0.6) is 0 Å². The minimum absolute atomic E-state index is 0.0882. The predicted octanol–water partition coefficient (Wildman–Crippen LogP) is 3.17. The Balaban J connectivity index is 1.62. The van der Waals surface area contributed by atoms with Gasteiger partial charge in [-0.25, -0.2) is 8.42 Å². The summed E-state index contributed by atoms with van der Waals surface area (Å²) < 4.78 is 25.4. The van der Waals surface area contributed by atoms with Crippen molar-refractivity contribution >= 4 is 31.7 Å². The first-order valence-electron chi connectivity index (χ1n) is 7.75. The van der Waals surface area contributed by atoms with E-state index in [4.69, 9.17) is 0 Å². The Labute approximate surface area is 150 Å². The van der Waals surface area contributed by atoms with Crippen LogP contribution in [0.3, 0.4) is 0 Å². The lowest BCUT2D eigenvalue weighted by Gasteiger charge is -2.14. The molecule has 0 aromatic heterocycles. The Morgan fingerprint density at radius 1 is 1.17 bits per heavy atom. The monoisotopic (exact) mass is 407 g/mol. The second kappa shape index (κ2) is 7.07. The van der Waals surface area contributed by atoms with Gasteiger partial charge in [0.15, 0.2) is 9.84 Å². The quantitative estimate of drug-likeness (QED) is 0.827. The summed E-state index contributed by atoms with van der Waals surface area (Å²) in [5.41, 5.74) is 2.98. The molecular formula is C18H18BrNO3S. The maximum absolute atomic E-state index is 12.3. The van der Waals surface area contributed by atoms with Gasteiger partial charge in [0.25, 0.3) is 0 Å². The van der Waals surface area contributed by atoms with Crippen molar-refractivity contribution in [3.05, 3.63) is 69.7 Å². The Morgan fingerprint density at radius 2 is 1.96 bits per heavy atom. The summed E-state index contributed by atoms with van der Waals surface area (Å²) >= 11 is 3.32. The van der Waals surface area contributed by atoms with Gasteiger partial charge in [0.1, 0.15) is 5.75 Å². The molecule has 0 spiro atoms. The van der Waals surface area contributed by atoms with Crippen molar-refractivity contribution in [1.29, 1.82) is 0 Å². The topological polar surface area (TPSA) is 63.2 Å². The van der Waals surface area contributed by atoms with Crippen LogP contribution in [0, 0.1) is 0 Å². The van der Waals surface area contributed by atoms with Crippen LogP contribution >= 0.6 is 15.9 Å². The van der Waals surface area contributed by atoms with Crippen LogP contribution in [0.25, 0.3) is 0 Å². The van der Waals surface area contributed by atoms with E-state index in [1.54, 1.807) is 18.2 Å². The lowest BCUT2D eigenvalue weighted by Crippen LogP contribution is -2.33. The van der Waals surface area contributed by atoms with E-state index in [1.807, 2.05) is 30.3 Å². The van der Waals surface area contributed by atoms with Gasteiger partial charge in [-0.1, -0.05) is 52.3 Å². The van der Waals surface area contributed by atoms with Gasteiger partial charge in [-0.3, -0.25) is 4.79 Å². The van der Waals surface area contributed by atoms with Gasteiger partial charge in [-0.15, -0.1) is 0 Å². The third-order valence-electron chi connectivity index (χ3n) is 4.09. The third-order valence-corrected chi connectivity index (χ3v) is 6.06. The van der Waals surface area contributed by atoms with Crippen LogP contribution in [0.1, 0.15) is 29.2 Å². The first-order valence-corrected chi connectivity index (χ1v) is 10.4. The van der Waals surface area contributed by atoms with Crippen molar-refractivity contribution in [3.63, 3.8) is 0 Å². The highest BCUT2D eigenvalue weighted by Gasteiger charge is 2.25. The molecule has 2 aromatic carbocycles. The summed E-state index contributed by atoms with van der Waals surface area (Å²) in [5.74, 6) is -1.06. The first-order chi connectivity index (χ1) is 11.4. The van der Waals surface area contributed by atoms with Gasteiger partial charge in [0, 0.05) is 4.47 Å². The van der Waals surface area contributed by atoms with E-state index in [2.05, 4.69) is 21.2 Å². The van der Waals surface area contributed by atoms with Crippen molar-refractivity contribution in [1.82, 2.24) is 5.32 Å². The highest BCUT2D eigenvalue weighted by atomic mass is 79.9. The minimum Gasteiger partial charge on any atom is -0.348 e. The Morgan fingerprint density at radius 3 is 2.75 bits per heavy atom. The number of hydrogen-bond donors (Lipinski definition) is 1. The fraction of sp³-hybridized carbons (Fsp3) is 0.278. The van der Waals surface area contributed by atoms with E-state index in [0.29, 0.717) is 5.56 Å². The van der Waals surface area contributed by atoms with Crippen LogP contribution in [0.2, 0.25) is 0 Å². The highest BCUT2D eigenvalue weighted by Crippen LogP contribution is 2.30. The van der Waals surface area contributed by atoms with E-state index < -0.39 is 21.5 Å². The van der Waals surface area contributed by atoms with E-state index in [9.17, 15) is 13.2 Å². The average Bonchev–Trinajstić information content (AvgIpc) is 2.89. The molecule has 1 aliphatic rings. The number of carbonyl (C=O) groups excluding carboxylic acids is 1. The molecule has 0 saturated heterocycles. The summed E-state index contributed by atoms with van der Waals surface area (Å²) in [4.78, 5) is 12.2. The SMILES string of the molecule is O=C(CS(=O)(=O)Cc1cccc(Br)c1)NC1CCc2ccccc21. The Bertz CT molecular complexity index is 864. The molecule has 3 rings (SSSR count). The number of aryl methyl sites for hydroxylation is 1. The van der Waals surface area contributed by atoms with Gasteiger partial charge in [0.05, 0.1) is 11.8 Å². The van der Waals surface area contributed by atoms with Crippen molar-refractivity contribution in [2.24, 2.45) is 0 Å². The van der Waals surface area contributed by atoms with Crippen molar-refractivity contribution < 1.29 is 13.2 Å². The molecule has 2 aromatic rings. The molecule has 1 atom stereocenters. The highest BCUT2D eigenvalue weighted by molar-refractivity contribution is 9.10. The zero-order valence-corrected chi connectivity index (χ0v) is 15.4. The largest absolute Gasteiger partial charge is 0.348 e. The molecule has 24 heavy (non-hydrogen) atoms. The smallest absolute Gasteiger partial charge is 0.235 e. The third kappa shape index (κ3) is 4.24. The van der Waals surface area contributed by atoms with E-state index >= 15 is 0 Å². The molecule has 1 unspecified atom stereocenters. The summed E-state index contributed by atoms with van der Waals surface area (Å²) in [6, 6.07) is 15.0. The standard InChI is InChI=1S/C18H18BrNO3S/c19-15-6-3-4-13(10-15)11-24(22,23)12-18(21)20-17-9-8-14-5-1-2-7-16(14)17/h1-7,10,17H,8-9,11-12H2,(H,20,21). The molecule has 0 aliphatic heterocycles. The molecular weight excluding hydrogens is 390 g/mol. The van der Waals surface area contributed by atoms with Crippen LogP contribution in [0.15, 0.2) is 53.0 Å². The lowest BCUT2D eigenvalue weighted by atomic mass is 10.1. The number of carbonyl (C=O) groups is 1. The zero-order chi connectivity index (χ0) is 17.2. The molecule has 1 aliphatic carbocycles. The van der Waals surface area contributed by atoms with Crippen LogP contribution in [-0.2, 0) is 26.8 Å². The van der Waals surface area contributed by atoms with Crippen molar-refractivity contribution in [2.75, 3.05) is 5.75 Å². The molecule has 126 valence electrons. The number of amides is 1. The summed E-state index contributed by atoms with van der Waals surface area (Å²) in [5, 5.41) is 2.86. The van der Waals surface area contributed by atoms with Gasteiger partial charge in [-0.05, 0) is 41.7 Å². The normalized spacial score (nSPS) is 16.6. The maximum atomic E-state index is 12.3. The number of rotatable bonds is 5. The summed E-state index contributed by atoms with van der Waals surface area (Å²) in [7, 11) is -3.50. The minimum atomic E-state index is -3.50. The molecule has 0 radical (unpaired) electrons. The van der Waals surface area contributed by atoms with Crippen LogP contribution < -0.4 is 5.32 Å². The second-order valence-corrected chi connectivity index (χ2v) is 9.00. The van der Waals surface area contributed by atoms with E-state index in [-0.39, 0.29) is 11.8 Å². The molecule has 4 nitrogen and oxygen atoms in total. The lowest BCUT2D eigenvalue weighted by molar-refractivity contribution is -0.119. The van der Waals surface area contributed by atoms with Crippen LogP contribution in [-0.4, -0.2) is 20.1 Å². The number of benzene rings is 2. The fourth-order valence-corrected chi connectivity index (χ4v) is 4.79. The van der Waals surface area contributed by atoms with Crippen molar-refractivity contribution in [2.45, 2.75) is 24.6 Å². The molecule has 1 amide bonds. The first kappa shape index (κ1) is 17.2. The van der Waals surface area contributed by atoms with Gasteiger partial charge in [-0.2, -0.15) is 0 Å². The number of halogens is 1. The van der Waals surface area contributed by atoms with Gasteiger partial charge in [0.2, 0.25) is 5.91 Å². The van der Waals surface area contributed by atoms with Gasteiger partial charge >= 0.3 is 0 Å². The second-order valence-electron chi connectivity index (χ2n) is 6.02. The van der Waals surface area contributed by atoms with E-state index in [0.717, 1.165) is 22.9 Å². The fourth-order valence-electron chi connectivity index (χ4n) is 3.07. The van der Waals surface area contributed by atoms with Gasteiger partial charge < -0.3 is 5.32 Å². The maximum Gasteiger partial charge on any atom is 0.235 e. The van der Waals surface area contributed by atoms with E-state index in [1.165, 1.54) is 5.56 Å². The number of nitrogens with one attached hydrogen (secondary N) is 1. The molecule has 0 fully saturated rings. The molecule has 0 saturated carbocycles. The number of hydrogen-bond acceptors (Lipinski definition) is 3. The Kier molecular flexibility index (Phi) is 5.06. The molecule has 6 heteroatoms. The molecule has 0 bridgehead atoms. The zero-order valence-electron chi connectivity index (χ0n) is 13.0. The summed E-state index contributed by atoms with van der Waals surface area (Å²) in [6.45, 7) is 0. The predicted molar refractivity (Wildman–Crippen MR) is 97.3 cm³/mol. The summed E-state index contributed by atoms with van der Waals surface area (Å²) in [6.07, 6.45) is 1.72. The Hall–Kier alpha value is -1.66. The molecule has 0 heterocycles. The average molecular weight is 408 g/mol. The number of fused-ring (bicyclic) bond motifs is 1. The van der Waals surface area contributed by atoms with Crippen molar-refractivity contribution in [3.8, 4) is 0 Å². The van der Waals surface area contributed by atoms with Crippen LogP contribution in [0.4, 0.5) is 0 Å². The molecule has 1 N–H and O–H groups in total. The number of sulfone groups is 1.